The molecule has 0 bridgehead atoms. The minimum absolute atomic E-state index is 0.0854. The van der Waals surface area contributed by atoms with Crippen molar-refractivity contribution in [2.75, 3.05) is 6.61 Å². The molecule has 130 valence electrons. The average Bonchev–Trinajstić information content (AvgIpc) is 2.61. The zero-order valence-electron chi connectivity index (χ0n) is 14.1. The Labute approximate surface area is 146 Å². The van der Waals surface area contributed by atoms with Gasteiger partial charge in [0.05, 0.1) is 18.6 Å². The molecule has 1 aliphatic rings. The highest BCUT2D eigenvalue weighted by atomic mass is 16.5. The molecule has 2 unspecified atom stereocenters. The molecule has 1 heterocycles. The molecule has 0 radical (unpaired) electrons. The van der Waals surface area contributed by atoms with Crippen molar-refractivity contribution in [2.45, 2.75) is 31.7 Å². The minimum Gasteiger partial charge on any atom is -0.493 e. The fraction of sp³-hybridized carbons (Fsp3) is 0.300. The highest BCUT2D eigenvalue weighted by molar-refractivity contribution is 5.86. The largest absolute Gasteiger partial charge is 0.493 e. The molecule has 2 aromatic carbocycles. The van der Waals surface area contributed by atoms with E-state index in [2.05, 4.69) is 5.32 Å². The Hall–Kier alpha value is -2.82. The highest BCUT2D eigenvalue weighted by Gasteiger charge is 2.27. The molecule has 2 N–H and O–H groups in total. The molecule has 3 rings (SSSR count). The predicted octanol–water partition coefficient (Wildman–Crippen LogP) is 3.19. The SMILES string of the molecule is Cc1ccc(C(CC(=O)NC2CCOc3ccccc32)C(=O)O)cc1. The van der Waals surface area contributed by atoms with E-state index in [1.165, 1.54) is 0 Å². The lowest BCUT2D eigenvalue weighted by Crippen LogP contribution is -2.33. The minimum atomic E-state index is -0.994. The third-order valence-corrected chi connectivity index (χ3v) is 4.46. The van der Waals surface area contributed by atoms with Gasteiger partial charge in [-0.05, 0) is 18.6 Å². The Morgan fingerprint density at radius 1 is 1.20 bits per heavy atom. The second kappa shape index (κ2) is 7.38. The van der Waals surface area contributed by atoms with Gasteiger partial charge < -0.3 is 15.2 Å². The Morgan fingerprint density at radius 3 is 2.64 bits per heavy atom. The molecule has 2 aromatic rings. The number of aliphatic carboxylic acids is 1. The second-order valence-corrected chi connectivity index (χ2v) is 6.30. The van der Waals surface area contributed by atoms with Gasteiger partial charge in [0.25, 0.3) is 0 Å². The number of fused-ring (bicyclic) bond motifs is 1. The number of carboxylic acid groups (broad SMARTS) is 1. The lowest BCUT2D eigenvalue weighted by Gasteiger charge is -2.27. The van der Waals surface area contributed by atoms with Crippen LogP contribution in [0.5, 0.6) is 5.75 Å². The van der Waals surface area contributed by atoms with Gasteiger partial charge in [-0.25, -0.2) is 0 Å². The fourth-order valence-corrected chi connectivity index (χ4v) is 3.08. The Morgan fingerprint density at radius 2 is 1.92 bits per heavy atom. The highest BCUT2D eigenvalue weighted by Crippen LogP contribution is 2.32. The molecule has 1 aliphatic heterocycles. The molecule has 0 spiro atoms. The van der Waals surface area contributed by atoms with Crippen LogP contribution in [0, 0.1) is 6.92 Å². The number of benzene rings is 2. The van der Waals surface area contributed by atoms with Crippen molar-refractivity contribution in [3.63, 3.8) is 0 Å². The summed E-state index contributed by atoms with van der Waals surface area (Å²) in [6, 6.07) is 14.7. The van der Waals surface area contributed by atoms with E-state index in [1.807, 2.05) is 43.3 Å². The van der Waals surface area contributed by atoms with Crippen molar-refractivity contribution in [1.82, 2.24) is 5.32 Å². The van der Waals surface area contributed by atoms with Gasteiger partial charge in [-0.2, -0.15) is 0 Å². The summed E-state index contributed by atoms with van der Waals surface area (Å²) in [6.45, 7) is 2.47. The van der Waals surface area contributed by atoms with Crippen LogP contribution >= 0.6 is 0 Å². The molecule has 5 nitrogen and oxygen atoms in total. The Kier molecular flexibility index (Phi) is 5.03. The molecule has 0 fully saturated rings. The van der Waals surface area contributed by atoms with E-state index in [9.17, 15) is 14.7 Å². The number of aryl methyl sites for hydroxylation is 1. The van der Waals surface area contributed by atoms with E-state index in [4.69, 9.17) is 4.74 Å². The Bertz CT molecular complexity index is 770. The number of amides is 1. The van der Waals surface area contributed by atoms with Crippen LogP contribution < -0.4 is 10.1 Å². The van der Waals surface area contributed by atoms with Gasteiger partial charge in [0, 0.05) is 18.4 Å². The van der Waals surface area contributed by atoms with Crippen molar-refractivity contribution in [1.29, 1.82) is 0 Å². The predicted molar refractivity (Wildman–Crippen MR) is 93.6 cm³/mol. The number of rotatable bonds is 5. The first-order chi connectivity index (χ1) is 12.0. The number of carbonyl (C=O) groups excluding carboxylic acids is 1. The van der Waals surface area contributed by atoms with Gasteiger partial charge in [0.1, 0.15) is 5.75 Å². The van der Waals surface area contributed by atoms with Crippen molar-refractivity contribution in [3.05, 3.63) is 65.2 Å². The number of carbonyl (C=O) groups is 2. The number of nitrogens with one attached hydrogen (secondary N) is 1. The first-order valence-corrected chi connectivity index (χ1v) is 8.35. The third kappa shape index (κ3) is 3.99. The quantitative estimate of drug-likeness (QED) is 0.877. The van der Waals surface area contributed by atoms with Crippen LogP contribution in [0.25, 0.3) is 0 Å². The van der Waals surface area contributed by atoms with Crippen molar-refractivity contribution < 1.29 is 19.4 Å². The zero-order chi connectivity index (χ0) is 17.8. The van der Waals surface area contributed by atoms with E-state index in [1.54, 1.807) is 12.1 Å². The van der Waals surface area contributed by atoms with Crippen molar-refractivity contribution in [3.8, 4) is 5.75 Å². The number of hydrogen-bond acceptors (Lipinski definition) is 3. The number of hydrogen-bond donors (Lipinski definition) is 2. The van der Waals surface area contributed by atoms with Crippen LogP contribution in [0.3, 0.4) is 0 Å². The maximum absolute atomic E-state index is 12.5. The normalized spacial score (nSPS) is 17.1. The molecule has 0 saturated carbocycles. The molecule has 5 heteroatoms. The van der Waals surface area contributed by atoms with E-state index >= 15 is 0 Å². The maximum atomic E-state index is 12.5. The number of carboxylic acids is 1. The number of ether oxygens (including phenoxy) is 1. The first-order valence-electron chi connectivity index (χ1n) is 8.35. The summed E-state index contributed by atoms with van der Waals surface area (Å²) < 4.78 is 5.59. The topological polar surface area (TPSA) is 75.6 Å². The average molecular weight is 339 g/mol. The maximum Gasteiger partial charge on any atom is 0.311 e. The van der Waals surface area contributed by atoms with E-state index in [-0.39, 0.29) is 18.4 Å². The lowest BCUT2D eigenvalue weighted by molar-refractivity contribution is -0.141. The summed E-state index contributed by atoms with van der Waals surface area (Å²) in [5, 5.41) is 12.5. The van der Waals surface area contributed by atoms with Crippen LogP contribution in [0.2, 0.25) is 0 Å². The second-order valence-electron chi connectivity index (χ2n) is 6.30. The van der Waals surface area contributed by atoms with E-state index in [0.29, 0.717) is 18.6 Å². The van der Waals surface area contributed by atoms with Crippen molar-refractivity contribution >= 4 is 11.9 Å². The van der Waals surface area contributed by atoms with Gasteiger partial charge in [-0.1, -0.05) is 48.0 Å². The molecule has 2 atom stereocenters. The molecule has 0 aliphatic carbocycles. The molecule has 25 heavy (non-hydrogen) atoms. The van der Waals surface area contributed by atoms with Gasteiger partial charge in [-0.15, -0.1) is 0 Å². The van der Waals surface area contributed by atoms with Crippen molar-refractivity contribution in [2.24, 2.45) is 0 Å². The third-order valence-electron chi connectivity index (χ3n) is 4.46. The van der Waals surface area contributed by atoms with Crippen LogP contribution in [0.15, 0.2) is 48.5 Å². The van der Waals surface area contributed by atoms with Gasteiger partial charge in [-0.3, -0.25) is 9.59 Å². The number of para-hydroxylation sites is 1. The summed E-state index contributed by atoms with van der Waals surface area (Å²) >= 11 is 0. The summed E-state index contributed by atoms with van der Waals surface area (Å²) in [6.07, 6.45) is 0.586. The first kappa shape index (κ1) is 17.0. The summed E-state index contributed by atoms with van der Waals surface area (Å²) in [5.41, 5.74) is 2.63. The molecular formula is C20H21NO4. The monoisotopic (exact) mass is 339 g/mol. The summed E-state index contributed by atoms with van der Waals surface area (Å²) in [5.74, 6) is -1.34. The smallest absolute Gasteiger partial charge is 0.311 e. The van der Waals surface area contributed by atoms with Crippen LogP contribution in [0.4, 0.5) is 0 Å². The zero-order valence-corrected chi connectivity index (χ0v) is 14.1. The van der Waals surface area contributed by atoms with Gasteiger partial charge in [0.15, 0.2) is 0 Å². The van der Waals surface area contributed by atoms with Crippen LogP contribution in [0.1, 0.15) is 41.5 Å². The molecule has 1 amide bonds. The lowest BCUT2D eigenvalue weighted by atomic mass is 9.94. The van der Waals surface area contributed by atoms with E-state index < -0.39 is 11.9 Å². The standard InChI is InChI=1S/C20H21NO4/c1-13-6-8-14(9-7-13)16(20(23)24)12-19(22)21-17-10-11-25-18-5-3-2-4-15(17)18/h2-9,16-17H,10-12H2,1H3,(H,21,22)(H,23,24). The fourth-order valence-electron chi connectivity index (χ4n) is 3.08. The van der Waals surface area contributed by atoms with E-state index in [0.717, 1.165) is 16.9 Å². The van der Waals surface area contributed by atoms with Gasteiger partial charge in [0.2, 0.25) is 5.91 Å². The Balaban J connectivity index is 1.71. The van der Waals surface area contributed by atoms with Crippen LogP contribution in [-0.2, 0) is 9.59 Å². The summed E-state index contributed by atoms with van der Waals surface area (Å²) in [7, 11) is 0. The molecule has 0 aromatic heterocycles. The molecule has 0 saturated heterocycles. The molecular weight excluding hydrogens is 318 g/mol. The summed E-state index contributed by atoms with van der Waals surface area (Å²) in [4.78, 5) is 24.1. The van der Waals surface area contributed by atoms with Crippen LogP contribution in [-0.4, -0.2) is 23.6 Å². The van der Waals surface area contributed by atoms with Gasteiger partial charge >= 0.3 is 5.97 Å².